The predicted molar refractivity (Wildman–Crippen MR) is 80.1 cm³/mol. The molecule has 1 aromatic carbocycles. The molecular formula is C14H18NO7P. The molecule has 1 amide bonds. The Labute approximate surface area is 133 Å². The molecule has 126 valence electrons. The highest BCUT2D eigenvalue weighted by Crippen LogP contribution is 2.54. The van der Waals surface area contributed by atoms with Gasteiger partial charge in [-0.25, -0.2) is 4.57 Å². The van der Waals surface area contributed by atoms with Crippen LogP contribution >= 0.6 is 7.82 Å². The summed E-state index contributed by atoms with van der Waals surface area (Å²) in [6, 6.07) is 6.36. The lowest BCUT2D eigenvalue weighted by molar-refractivity contribution is -0.131. The van der Waals surface area contributed by atoms with Gasteiger partial charge in [-0.3, -0.25) is 23.2 Å². The second-order valence-electron chi connectivity index (χ2n) is 4.69. The van der Waals surface area contributed by atoms with Crippen molar-refractivity contribution in [2.45, 2.75) is 20.0 Å². The van der Waals surface area contributed by atoms with Gasteiger partial charge in [0, 0.05) is 13.5 Å². The fourth-order valence-electron chi connectivity index (χ4n) is 1.94. The maximum atomic E-state index is 12.2. The van der Waals surface area contributed by atoms with Crippen molar-refractivity contribution < 1.29 is 32.5 Å². The smallest absolute Gasteiger partial charge is 0.426 e. The van der Waals surface area contributed by atoms with Gasteiger partial charge in [-0.1, -0.05) is 12.1 Å². The number of ether oxygens (including phenoxy) is 1. The molecule has 1 aliphatic heterocycles. The molecule has 8 nitrogen and oxygen atoms in total. The van der Waals surface area contributed by atoms with Crippen molar-refractivity contribution >= 4 is 19.7 Å². The molecular weight excluding hydrogens is 325 g/mol. The molecule has 1 aliphatic rings. The Hall–Kier alpha value is -1.73. The highest BCUT2D eigenvalue weighted by Gasteiger charge is 2.38. The number of amides is 1. The number of nitrogens with one attached hydrogen (secondary N) is 1. The molecule has 0 aromatic heterocycles. The van der Waals surface area contributed by atoms with Crippen LogP contribution in [0.15, 0.2) is 24.3 Å². The number of carbonyl (C=O) groups is 2. The SMILES string of the molecule is CCOP1(=O)OCC(CNC(=O)c2ccccc2OC(C)=O)O1. The average Bonchev–Trinajstić information content (AvgIpc) is 2.86. The average molecular weight is 343 g/mol. The van der Waals surface area contributed by atoms with Gasteiger partial charge in [-0.2, -0.15) is 0 Å². The zero-order valence-electron chi connectivity index (χ0n) is 12.8. The van der Waals surface area contributed by atoms with Crippen molar-refractivity contribution in [1.29, 1.82) is 0 Å². The number of phosphoric acid groups is 1. The molecule has 1 saturated heterocycles. The van der Waals surface area contributed by atoms with E-state index in [0.717, 1.165) is 0 Å². The summed E-state index contributed by atoms with van der Waals surface area (Å²) in [6.45, 7) is 3.27. The van der Waals surface area contributed by atoms with Crippen LogP contribution in [0.25, 0.3) is 0 Å². The minimum absolute atomic E-state index is 0.0587. The standard InChI is InChI=1S/C14H18NO7P/c1-3-19-23(18)20-9-11(22-23)8-15-14(17)12-6-4-5-7-13(12)21-10(2)16/h4-7,11H,3,8-9H2,1-2H3,(H,15,17). The summed E-state index contributed by atoms with van der Waals surface area (Å²) in [5.74, 6) is -0.792. The van der Waals surface area contributed by atoms with Crippen LogP contribution in [0.1, 0.15) is 24.2 Å². The second-order valence-corrected chi connectivity index (χ2v) is 6.31. The van der Waals surface area contributed by atoms with Crippen LogP contribution in [0.4, 0.5) is 0 Å². The molecule has 2 rings (SSSR count). The minimum atomic E-state index is -3.51. The third-order valence-electron chi connectivity index (χ3n) is 2.86. The Kier molecular flexibility index (Phi) is 5.90. The van der Waals surface area contributed by atoms with E-state index in [9.17, 15) is 14.2 Å². The third-order valence-corrected chi connectivity index (χ3v) is 4.46. The number of hydrogen-bond donors (Lipinski definition) is 1. The van der Waals surface area contributed by atoms with Crippen LogP contribution in [-0.2, 0) is 22.9 Å². The van der Waals surface area contributed by atoms with E-state index in [2.05, 4.69) is 5.32 Å². The first-order chi connectivity index (χ1) is 10.9. The van der Waals surface area contributed by atoms with E-state index in [4.69, 9.17) is 18.3 Å². The van der Waals surface area contributed by atoms with Crippen molar-refractivity contribution in [3.05, 3.63) is 29.8 Å². The molecule has 2 atom stereocenters. The van der Waals surface area contributed by atoms with Crippen LogP contribution in [0.3, 0.4) is 0 Å². The summed E-state index contributed by atoms with van der Waals surface area (Å²) >= 11 is 0. The third kappa shape index (κ3) is 4.87. The van der Waals surface area contributed by atoms with Gasteiger partial charge in [0.2, 0.25) is 0 Å². The largest absolute Gasteiger partial charge is 0.475 e. The van der Waals surface area contributed by atoms with Crippen LogP contribution in [-0.4, -0.2) is 37.7 Å². The van der Waals surface area contributed by atoms with Gasteiger partial charge < -0.3 is 10.1 Å². The van der Waals surface area contributed by atoms with Crippen molar-refractivity contribution in [1.82, 2.24) is 5.32 Å². The summed E-state index contributed by atoms with van der Waals surface area (Å²) in [5, 5.41) is 2.62. The normalized spacial score (nSPS) is 23.5. The van der Waals surface area contributed by atoms with Gasteiger partial charge in [-0.05, 0) is 19.1 Å². The topological polar surface area (TPSA) is 100 Å². The molecule has 0 bridgehead atoms. The van der Waals surface area contributed by atoms with Gasteiger partial charge in [-0.15, -0.1) is 0 Å². The molecule has 0 radical (unpaired) electrons. The molecule has 0 spiro atoms. The quantitative estimate of drug-likeness (QED) is 0.478. The summed E-state index contributed by atoms with van der Waals surface area (Å²) in [4.78, 5) is 23.2. The lowest BCUT2D eigenvalue weighted by Gasteiger charge is -2.12. The lowest BCUT2D eigenvalue weighted by atomic mass is 10.2. The van der Waals surface area contributed by atoms with E-state index in [1.165, 1.54) is 19.1 Å². The Bertz CT molecular complexity index is 633. The van der Waals surface area contributed by atoms with Crippen molar-refractivity contribution in [2.75, 3.05) is 19.8 Å². The number of phosphoric ester groups is 1. The first-order valence-electron chi connectivity index (χ1n) is 7.06. The van der Waals surface area contributed by atoms with E-state index in [1.54, 1.807) is 19.1 Å². The molecule has 0 saturated carbocycles. The Balaban J connectivity index is 1.93. The van der Waals surface area contributed by atoms with Crippen molar-refractivity contribution in [3.8, 4) is 5.75 Å². The lowest BCUT2D eigenvalue weighted by Crippen LogP contribution is -2.33. The number of carbonyl (C=O) groups excluding carboxylic acids is 2. The van der Waals surface area contributed by atoms with Crippen LogP contribution in [0, 0.1) is 0 Å². The van der Waals surface area contributed by atoms with Crippen molar-refractivity contribution in [3.63, 3.8) is 0 Å². The van der Waals surface area contributed by atoms with E-state index in [0.29, 0.717) is 0 Å². The summed E-state index contributed by atoms with van der Waals surface area (Å²) < 4.78 is 32.0. The Morgan fingerprint density at radius 3 is 2.83 bits per heavy atom. The van der Waals surface area contributed by atoms with E-state index in [-0.39, 0.29) is 31.1 Å². The van der Waals surface area contributed by atoms with Gasteiger partial charge >= 0.3 is 13.8 Å². The Morgan fingerprint density at radius 1 is 1.39 bits per heavy atom. The summed E-state index contributed by atoms with van der Waals surface area (Å²) in [6.07, 6.45) is -0.572. The molecule has 9 heteroatoms. The maximum Gasteiger partial charge on any atom is 0.475 e. The zero-order valence-corrected chi connectivity index (χ0v) is 13.7. The molecule has 23 heavy (non-hydrogen) atoms. The molecule has 2 unspecified atom stereocenters. The number of hydrogen-bond acceptors (Lipinski definition) is 7. The number of para-hydroxylation sites is 1. The molecule has 1 fully saturated rings. The van der Waals surface area contributed by atoms with E-state index >= 15 is 0 Å². The highest BCUT2D eigenvalue weighted by molar-refractivity contribution is 7.48. The molecule has 1 heterocycles. The minimum Gasteiger partial charge on any atom is -0.426 e. The van der Waals surface area contributed by atoms with Crippen LogP contribution < -0.4 is 10.1 Å². The fourth-order valence-corrected chi connectivity index (χ4v) is 3.30. The van der Waals surface area contributed by atoms with Gasteiger partial charge in [0.15, 0.2) is 0 Å². The first kappa shape index (κ1) is 17.6. The van der Waals surface area contributed by atoms with Gasteiger partial charge in [0.05, 0.1) is 18.8 Å². The number of esters is 1. The van der Waals surface area contributed by atoms with Crippen molar-refractivity contribution in [2.24, 2.45) is 0 Å². The van der Waals surface area contributed by atoms with Gasteiger partial charge in [0.25, 0.3) is 5.91 Å². The fraction of sp³-hybridized carbons (Fsp3) is 0.429. The molecule has 1 aromatic rings. The monoisotopic (exact) mass is 343 g/mol. The highest BCUT2D eigenvalue weighted by atomic mass is 31.2. The van der Waals surface area contributed by atoms with Crippen LogP contribution in [0.2, 0.25) is 0 Å². The first-order valence-corrected chi connectivity index (χ1v) is 8.52. The number of rotatable bonds is 6. The summed E-state index contributed by atoms with van der Waals surface area (Å²) in [7, 11) is -3.51. The van der Waals surface area contributed by atoms with Gasteiger partial charge in [0.1, 0.15) is 11.9 Å². The second kappa shape index (κ2) is 7.70. The van der Waals surface area contributed by atoms with Crippen LogP contribution in [0.5, 0.6) is 5.75 Å². The maximum absolute atomic E-state index is 12.2. The van der Waals surface area contributed by atoms with E-state index in [1.807, 2.05) is 0 Å². The number of benzene rings is 1. The van der Waals surface area contributed by atoms with E-state index < -0.39 is 25.8 Å². The zero-order chi connectivity index (χ0) is 16.9. The summed E-state index contributed by atoms with van der Waals surface area (Å²) in [5.41, 5.74) is 0.217. The molecule has 1 N–H and O–H groups in total. The molecule has 0 aliphatic carbocycles. The Morgan fingerprint density at radius 2 is 2.13 bits per heavy atom. The predicted octanol–water partition coefficient (Wildman–Crippen LogP) is 1.90.